The Kier molecular flexibility index (Phi) is 3.62. The molecule has 8 rings (SSSR count). The highest BCUT2D eigenvalue weighted by Crippen LogP contribution is 2.50. The summed E-state index contributed by atoms with van der Waals surface area (Å²) in [5.41, 5.74) is 7.36. The normalized spacial score (nSPS) is 15.3. The maximum atomic E-state index is 6.66. The Balaban J connectivity index is 1.55. The Morgan fingerprint density at radius 2 is 0.857 bits per heavy atom. The summed E-state index contributed by atoms with van der Waals surface area (Å²) in [6, 6.07) is 41.3. The van der Waals surface area contributed by atoms with Crippen LogP contribution in [0.1, 0.15) is 0 Å². The minimum Gasteiger partial charge on any atom is -0.457 e. The molecule has 35 heavy (non-hydrogen) atoms. The van der Waals surface area contributed by atoms with Crippen LogP contribution in [0, 0.1) is 0 Å². The van der Waals surface area contributed by atoms with Gasteiger partial charge >= 0.3 is 0 Å². The molecule has 5 aromatic carbocycles. The van der Waals surface area contributed by atoms with Gasteiger partial charge in [0, 0.05) is 44.5 Å². The van der Waals surface area contributed by atoms with Crippen molar-refractivity contribution in [3.05, 3.63) is 115 Å². The molecule has 0 spiro atoms. The van der Waals surface area contributed by atoms with Crippen LogP contribution in [-0.4, -0.2) is 8.07 Å². The van der Waals surface area contributed by atoms with E-state index in [-0.39, 0.29) is 0 Å². The average molecular weight is 467 g/mol. The van der Waals surface area contributed by atoms with Crippen LogP contribution < -0.4 is 30.1 Å². The van der Waals surface area contributed by atoms with Gasteiger partial charge in [0.1, 0.15) is 11.5 Å². The van der Waals surface area contributed by atoms with E-state index in [9.17, 15) is 0 Å². The molecule has 3 aliphatic heterocycles. The molecule has 3 nitrogen and oxygen atoms in total. The van der Waals surface area contributed by atoms with Gasteiger partial charge in [-0.3, -0.25) is 0 Å². The van der Waals surface area contributed by atoms with Crippen molar-refractivity contribution in [3.63, 3.8) is 0 Å². The van der Waals surface area contributed by atoms with Crippen molar-refractivity contribution in [3.8, 4) is 11.5 Å². The Hall–Kier alpha value is -4.28. The van der Waals surface area contributed by atoms with Gasteiger partial charge in [0.2, 0.25) is 0 Å². The summed E-state index contributed by atoms with van der Waals surface area (Å²) in [5.74, 6) is 1.99. The molecule has 0 aromatic heterocycles. The summed E-state index contributed by atoms with van der Waals surface area (Å²) in [6.07, 6.45) is 0. The first-order chi connectivity index (χ1) is 17.3. The lowest BCUT2D eigenvalue weighted by molar-refractivity contribution is 0.487. The van der Waals surface area contributed by atoms with Crippen molar-refractivity contribution < 1.29 is 4.74 Å². The van der Waals surface area contributed by atoms with E-state index in [2.05, 4.69) is 132 Å². The number of rotatable bonds is 2. The largest absolute Gasteiger partial charge is 0.457 e. The van der Waals surface area contributed by atoms with E-state index in [1.165, 1.54) is 49.7 Å². The molecule has 3 aliphatic rings. The van der Waals surface area contributed by atoms with Crippen molar-refractivity contribution >= 4 is 57.8 Å². The van der Waals surface area contributed by atoms with Gasteiger partial charge < -0.3 is 14.5 Å². The topological polar surface area (TPSA) is 15.7 Å². The second kappa shape index (κ2) is 6.65. The third-order valence-corrected chi connectivity index (χ3v) is 12.3. The van der Waals surface area contributed by atoms with Crippen molar-refractivity contribution in [2.45, 2.75) is 6.55 Å². The van der Waals surface area contributed by atoms with Crippen LogP contribution in [0.4, 0.5) is 34.1 Å². The van der Waals surface area contributed by atoms with Crippen molar-refractivity contribution in [1.29, 1.82) is 0 Å². The van der Waals surface area contributed by atoms with Crippen LogP contribution in [0.5, 0.6) is 11.5 Å². The van der Waals surface area contributed by atoms with Crippen molar-refractivity contribution in [1.82, 2.24) is 0 Å². The van der Waals surface area contributed by atoms with Gasteiger partial charge in [-0.1, -0.05) is 61.1 Å². The molecule has 166 valence electrons. The molecular weight excluding hydrogens is 444 g/mol. The molecule has 0 atom stereocenters. The van der Waals surface area contributed by atoms with E-state index < -0.39 is 8.07 Å². The minimum atomic E-state index is -2.36. The Bertz CT molecular complexity index is 1530. The summed E-state index contributed by atoms with van der Waals surface area (Å²) < 4.78 is 6.66. The molecule has 5 aromatic rings. The molecule has 0 saturated carbocycles. The SMILES string of the molecule is C[Si]12c3c4cccc3N(c3ccccc3)c3cccc(c31)N(c1ccccc1)c1cccc(c12)O4. The summed E-state index contributed by atoms with van der Waals surface area (Å²) in [5, 5.41) is 4.20. The number of nitrogens with zero attached hydrogens (tertiary/aromatic N) is 2. The predicted molar refractivity (Wildman–Crippen MR) is 146 cm³/mol. The van der Waals surface area contributed by atoms with E-state index in [1.807, 2.05) is 0 Å². The molecular formula is C31H22N2OSi. The summed E-state index contributed by atoms with van der Waals surface area (Å²) in [7, 11) is -2.36. The first kappa shape index (κ1) is 19.1. The highest BCUT2D eigenvalue weighted by atomic mass is 28.3. The highest BCUT2D eigenvalue weighted by molar-refractivity contribution is 7.15. The van der Waals surface area contributed by atoms with Gasteiger partial charge in [0.15, 0.2) is 8.07 Å². The number of para-hydroxylation sites is 2. The fourth-order valence-electron chi connectivity index (χ4n) is 6.46. The Morgan fingerprint density at radius 1 is 0.457 bits per heavy atom. The van der Waals surface area contributed by atoms with E-state index in [0.717, 1.165) is 11.5 Å². The first-order valence-corrected chi connectivity index (χ1v) is 14.6. The maximum Gasteiger partial charge on any atom is 0.165 e. The summed E-state index contributed by atoms with van der Waals surface area (Å²) in [6.45, 7) is 2.52. The lowest BCUT2D eigenvalue weighted by Gasteiger charge is -2.51. The van der Waals surface area contributed by atoms with E-state index in [4.69, 9.17) is 4.74 Å². The second-order valence-corrected chi connectivity index (χ2v) is 13.3. The van der Waals surface area contributed by atoms with Crippen molar-refractivity contribution in [2.75, 3.05) is 9.80 Å². The number of hydrogen-bond acceptors (Lipinski definition) is 3. The van der Waals surface area contributed by atoms with Crippen LogP contribution >= 0.6 is 0 Å². The first-order valence-electron chi connectivity index (χ1n) is 12.1. The van der Waals surface area contributed by atoms with Gasteiger partial charge in [-0.05, 0) is 65.9 Å². The molecule has 0 bridgehead atoms. The second-order valence-electron chi connectivity index (χ2n) is 9.54. The van der Waals surface area contributed by atoms with Crippen LogP contribution in [0.2, 0.25) is 6.55 Å². The fraction of sp³-hybridized carbons (Fsp3) is 0.0323. The molecule has 0 amide bonds. The lowest BCUT2D eigenvalue weighted by atomic mass is 10.1. The molecule has 0 saturated heterocycles. The van der Waals surface area contributed by atoms with Crippen LogP contribution in [-0.2, 0) is 0 Å². The zero-order valence-corrected chi connectivity index (χ0v) is 20.3. The molecule has 0 aliphatic carbocycles. The smallest absolute Gasteiger partial charge is 0.165 e. The Morgan fingerprint density at radius 3 is 1.31 bits per heavy atom. The summed E-state index contributed by atoms with van der Waals surface area (Å²) in [4.78, 5) is 4.86. The number of benzene rings is 5. The molecule has 0 N–H and O–H groups in total. The highest BCUT2D eigenvalue weighted by Gasteiger charge is 2.55. The zero-order chi connectivity index (χ0) is 23.1. The van der Waals surface area contributed by atoms with Gasteiger partial charge in [0.25, 0.3) is 0 Å². The van der Waals surface area contributed by atoms with Gasteiger partial charge in [-0.2, -0.15) is 0 Å². The zero-order valence-electron chi connectivity index (χ0n) is 19.3. The maximum absolute atomic E-state index is 6.66. The van der Waals surface area contributed by atoms with Crippen molar-refractivity contribution in [2.24, 2.45) is 0 Å². The molecule has 0 radical (unpaired) electrons. The van der Waals surface area contributed by atoms with Crippen LogP contribution in [0.3, 0.4) is 0 Å². The number of ether oxygens (including phenoxy) is 1. The van der Waals surface area contributed by atoms with Crippen LogP contribution in [0.15, 0.2) is 115 Å². The molecule has 0 fully saturated rings. The number of anilines is 6. The standard InChI is InChI=1S/C31H22N2OSi/c1-35-29-23-15-8-16-24(29)33(22-13-6-3-7-14-22)26-18-10-20-28(31(26)35)34-27-19-9-17-25(30(27)35)32(23)21-11-4-2-5-12-21/h2-20H,1H3. The van der Waals surface area contributed by atoms with E-state index >= 15 is 0 Å². The average Bonchev–Trinajstić information content (AvgIpc) is 2.90. The van der Waals surface area contributed by atoms with Gasteiger partial charge in [0.05, 0.1) is 0 Å². The molecule has 0 unspecified atom stereocenters. The van der Waals surface area contributed by atoms with E-state index in [0.29, 0.717) is 0 Å². The summed E-state index contributed by atoms with van der Waals surface area (Å²) >= 11 is 0. The fourth-order valence-corrected chi connectivity index (χ4v) is 11.3. The molecule has 3 heterocycles. The third-order valence-electron chi connectivity index (χ3n) is 7.74. The van der Waals surface area contributed by atoms with Gasteiger partial charge in [-0.25, -0.2) is 0 Å². The molecule has 4 heteroatoms. The third kappa shape index (κ3) is 2.30. The van der Waals surface area contributed by atoms with Crippen LogP contribution in [0.25, 0.3) is 0 Å². The van der Waals surface area contributed by atoms with E-state index in [1.54, 1.807) is 0 Å². The van der Waals surface area contributed by atoms with Gasteiger partial charge in [-0.15, -0.1) is 0 Å². The predicted octanol–water partition coefficient (Wildman–Crippen LogP) is 6.46. The minimum absolute atomic E-state index is 0.996. The monoisotopic (exact) mass is 466 g/mol. The Labute approximate surface area is 205 Å². The quantitative estimate of drug-likeness (QED) is 0.273. The number of hydrogen-bond donors (Lipinski definition) is 0. The lowest BCUT2D eigenvalue weighted by Crippen LogP contribution is -2.72.